The Labute approximate surface area is 179 Å². The maximum Gasteiger partial charge on any atom is 0.252 e. The van der Waals surface area contributed by atoms with E-state index in [4.69, 9.17) is 9.72 Å². The third-order valence-electron chi connectivity index (χ3n) is 5.58. The fraction of sp³-hybridized carbons (Fsp3) is 0.636. The Morgan fingerprint density at radius 2 is 1.97 bits per heavy atom. The van der Waals surface area contributed by atoms with Gasteiger partial charge in [0.2, 0.25) is 0 Å². The van der Waals surface area contributed by atoms with Crippen molar-refractivity contribution in [2.75, 3.05) is 78.0 Å². The van der Waals surface area contributed by atoms with Gasteiger partial charge in [0.1, 0.15) is 11.5 Å². The number of carbonyl (C=O) groups excluding carboxylic acids is 1. The molecule has 30 heavy (non-hydrogen) atoms. The van der Waals surface area contributed by atoms with Gasteiger partial charge in [-0.15, -0.1) is 0 Å². The summed E-state index contributed by atoms with van der Waals surface area (Å²) in [5, 5.41) is 3.06. The van der Waals surface area contributed by atoms with Crippen LogP contribution in [0.5, 0.6) is 0 Å². The number of amides is 1. The van der Waals surface area contributed by atoms with Crippen molar-refractivity contribution < 1.29 is 9.53 Å². The molecule has 0 saturated carbocycles. The Bertz CT molecular complexity index is 828. The summed E-state index contributed by atoms with van der Waals surface area (Å²) in [6, 6.07) is 3.81. The van der Waals surface area contributed by atoms with Crippen molar-refractivity contribution in [2.24, 2.45) is 0 Å². The number of carbonyl (C=O) groups is 1. The quantitative estimate of drug-likeness (QED) is 0.631. The smallest absolute Gasteiger partial charge is 0.252 e. The molecule has 1 fully saturated rings. The van der Waals surface area contributed by atoms with Crippen LogP contribution in [0.25, 0.3) is 5.65 Å². The van der Waals surface area contributed by atoms with Crippen LogP contribution in [0, 0.1) is 0 Å². The number of imidazole rings is 1. The summed E-state index contributed by atoms with van der Waals surface area (Å²) in [7, 11) is 4.17. The van der Waals surface area contributed by atoms with E-state index in [0.29, 0.717) is 12.1 Å². The van der Waals surface area contributed by atoms with Crippen molar-refractivity contribution in [3.05, 3.63) is 29.6 Å². The second-order valence-corrected chi connectivity index (χ2v) is 7.97. The molecule has 8 heteroatoms. The molecular weight excluding hydrogens is 380 g/mol. The number of fused-ring (bicyclic) bond motifs is 1. The van der Waals surface area contributed by atoms with E-state index in [0.717, 1.165) is 76.1 Å². The van der Waals surface area contributed by atoms with Gasteiger partial charge in [0, 0.05) is 52.0 Å². The highest BCUT2D eigenvalue weighted by Crippen LogP contribution is 2.24. The molecule has 0 aromatic carbocycles. The first-order chi connectivity index (χ1) is 14.5. The molecule has 0 atom stereocenters. The molecule has 1 saturated heterocycles. The van der Waals surface area contributed by atoms with Gasteiger partial charge in [-0.25, -0.2) is 4.98 Å². The molecule has 8 nitrogen and oxygen atoms in total. The Kier molecular flexibility index (Phi) is 8.07. The molecule has 3 rings (SSSR count). The summed E-state index contributed by atoms with van der Waals surface area (Å²) >= 11 is 0. The lowest BCUT2D eigenvalue weighted by atomic mass is 10.2. The highest BCUT2D eigenvalue weighted by Gasteiger charge is 2.18. The summed E-state index contributed by atoms with van der Waals surface area (Å²) < 4.78 is 7.45. The number of anilines is 1. The first-order valence-electron chi connectivity index (χ1n) is 11.0. The molecule has 3 heterocycles. The summed E-state index contributed by atoms with van der Waals surface area (Å²) in [5.41, 5.74) is 2.62. The van der Waals surface area contributed by atoms with Crippen molar-refractivity contribution in [1.29, 1.82) is 0 Å². The lowest BCUT2D eigenvalue weighted by molar-refractivity contribution is 0.0383. The standard InChI is InChI=1S/C22H36N6O2/c1-5-19-22(27(6-2)12-11-25(3)4)28-17-18(7-8-20(28)24-19)21(29)23-9-10-26-13-15-30-16-14-26/h7-8,17H,5-6,9-16H2,1-4H3,(H,23,29). The molecule has 0 spiro atoms. The first-order valence-corrected chi connectivity index (χ1v) is 11.0. The maximum atomic E-state index is 12.8. The minimum Gasteiger partial charge on any atom is -0.379 e. The number of pyridine rings is 1. The molecule has 0 unspecified atom stereocenters. The second-order valence-electron chi connectivity index (χ2n) is 7.97. The van der Waals surface area contributed by atoms with Crippen LogP contribution in [0.2, 0.25) is 0 Å². The van der Waals surface area contributed by atoms with Gasteiger partial charge in [-0.05, 0) is 39.6 Å². The predicted molar refractivity (Wildman–Crippen MR) is 121 cm³/mol. The van der Waals surface area contributed by atoms with Crippen molar-refractivity contribution >= 4 is 17.4 Å². The number of aryl methyl sites for hydroxylation is 1. The lowest BCUT2D eigenvalue weighted by Crippen LogP contribution is -2.41. The van der Waals surface area contributed by atoms with Crippen molar-refractivity contribution in [1.82, 2.24) is 24.5 Å². The Morgan fingerprint density at radius 1 is 1.20 bits per heavy atom. The number of morpholine rings is 1. The molecular formula is C22H36N6O2. The SMILES string of the molecule is CCc1nc2ccc(C(=O)NCCN3CCOCC3)cn2c1N(CC)CCN(C)C. The van der Waals surface area contributed by atoms with Gasteiger partial charge >= 0.3 is 0 Å². The van der Waals surface area contributed by atoms with Gasteiger partial charge in [0.25, 0.3) is 5.91 Å². The average Bonchev–Trinajstić information content (AvgIpc) is 3.12. The van der Waals surface area contributed by atoms with Gasteiger partial charge in [-0.1, -0.05) is 6.92 Å². The van der Waals surface area contributed by atoms with Crippen LogP contribution in [0.4, 0.5) is 5.82 Å². The predicted octanol–water partition coefficient (Wildman–Crippen LogP) is 1.35. The first kappa shape index (κ1) is 22.5. The highest BCUT2D eigenvalue weighted by molar-refractivity contribution is 5.94. The summed E-state index contributed by atoms with van der Waals surface area (Å²) in [6.07, 6.45) is 2.79. The molecule has 1 amide bonds. The van der Waals surface area contributed by atoms with Crippen LogP contribution in [0.15, 0.2) is 18.3 Å². The Morgan fingerprint density at radius 3 is 2.63 bits per heavy atom. The number of rotatable bonds is 10. The third kappa shape index (κ3) is 5.50. The van der Waals surface area contributed by atoms with Crippen LogP contribution in [-0.4, -0.2) is 98.2 Å². The van der Waals surface area contributed by atoms with Gasteiger partial charge in [0.15, 0.2) is 0 Å². The summed E-state index contributed by atoms with van der Waals surface area (Å²) in [4.78, 5) is 24.4. The normalized spacial score (nSPS) is 15.1. The number of nitrogens with one attached hydrogen (secondary N) is 1. The van der Waals surface area contributed by atoms with Gasteiger partial charge in [0.05, 0.1) is 24.5 Å². The zero-order valence-corrected chi connectivity index (χ0v) is 18.9. The number of ether oxygens (including phenoxy) is 1. The van der Waals surface area contributed by atoms with E-state index in [1.807, 2.05) is 18.3 Å². The van der Waals surface area contributed by atoms with Crippen LogP contribution in [0.1, 0.15) is 29.9 Å². The molecule has 0 aliphatic carbocycles. The van der Waals surface area contributed by atoms with E-state index in [9.17, 15) is 4.79 Å². The van der Waals surface area contributed by atoms with Crippen LogP contribution >= 0.6 is 0 Å². The average molecular weight is 417 g/mol. The summed E-state index contributed by atoms with van der Waals surface area (Å²) in [5.74, 6) is 1.05. The van der Waals surface area contributed by atoms with E-state index in [-0.39, 0.29) is 5.91 Å². The van der Waals surface area contributed by atoms with Crippen molar-refractivity contribution in [2.45, 2.75) is 20.3 Å². The number of hydrogen-bond donors (Lipinski definition) is 1. The number of aromatic nitrogens is 2. The minimum absolute atomic E-state index is 0.0424. The third-order valence-corrected chi connectivity index (χ3v) is 5.58. The molecule has 2 aromatic rings. The monoisotopic (exact) mass is 416 g/mol. The summed E-state index contributed by atoms with van der Waals surface area (Å²) in [6.45, 7) is 12.0. The van der Waals surface area contributed by atoms with Gasteiger partial charge < -0.3 is 19.9 Å². The van der Waals surface area contributed by atoms with E-state index in [1.165, 1.54) is 0 Å². The zero-order chi connectivity index (χ0) is 21.5. The van der Waals surface area contributed by atoms with Crippen LogP contribution in [-0.2, 0) is 11.2 Å². The largest absolute Gasteiger partial charge is 0.379 e. The fourth-order valence-electron chi connectivity index (χ4n) is 3.78. The molecule has 0 radical (unpaired) electrons. The minimum atomic E-state index is -0.0424. The Balaban J connectivity index is 1.75. The van der Waals surface area contributed by atoms with Crippen molar-refractivity contribution in [3.63, 3.8) is 0 Å². The number of nitrogens with zero attached hydrogens (tertiary/aromatic N) is 5. The fourth-order valence-corrected chi connectivity index (χ4v) is 3.78. The molecule has 1 N–H and O–H groups in total. The topological polar surface area (TPSA) is 65.4 Å². The molecule has 2 aromatic heterocycles. The second kappa shape index (κ2) is 10.7. The maximum absolute atomic E-state index is 12.8. The number of hydrogen-bond acceptors (Lipinski definition) is 6. The van der Waals surface area contributed by atoms with E-state index < -0.39 is 0 Å². The van der Waals surface area contributed by atoms with Crippen LogP contribution in [0.3, 0.4) is 0 Å². The molecule has 1 aliphatic rings. The lowest BCUT2D eigenvalue weighted by Gasteiger charge is -2.26. The van der Waals surface area contributed by atoms with Gasteiger partial charge in [-0.2, -0.15) is 0 Å². The molecule has 0 bridgehead atoms. The Hall–Kier alpha value is -2.16. The van der Waals surface area contributed by atoms with Gasteiger partial charge in [-0.3, -0.25) is 14.1 Å². The highest BCUT2D eigenvalue weighted by atomic mass is 16.5. The molecule has 166 valence electrons. The van der Waals surface area contributed by atoms with E-state index >= 15 is 0 Å². The van der Waals surface area contributed by atoms with E-state index in [2.05, 4.69) is 52.4 Å². The van der Waals surface area contributed by atoms with Crippen LogP contribution < -0.4 is 10.2 Å². The zero-order valence-electron chi connectivity index (χ0n) is 18.9. The number of likely N-dealkylation sites (N-methyl/N-ethyl adjacent to an activating group) is 2. The van der Waals surface area contributed by atoms with Crippen molar-refractivity contribution in [3.8, 4) is 0 Å². The van der Waals surface area contributed by atoms with E-state index in [1.54, 1.807) is 0 Å². The molecule has 1 aliphatic heterocycles.